The molecule has 0 fully saturated rings. The molecule has 0 saturated heterocycles. The SMILES string of the molecule is COc1ccc(S(=O)(=O)c2ncccc2CNc2c(C(=O)O)cnc3c2c(C)nn3-c2ccccc2)cc1. The zero-order valence-corrected chi connectivity index (χ0v) is 21.3. The smallest absolute Gasteiger partial charge is 0.339 e. The largest absolute Gasteiger partial charge is 0.497 e. The summed E-state index contributed by atoms with van der Waals surface area (Å²) in [5.41, 5.74) is 2.41. The summed E-state index contributed by atoms with van der Waals surface area (Å²) in [5.74, 6) is -0.646. The number of aromatic nitrogens is 4. The van der Waals surface area contributed by atoms with Crippen LogP contribution in [0, 0.1) is 6.92 Å². The summed E-state index contributed by atoms with van der Waals surface area (Å²) in [5, 5.41) is 18.0. The van der Waals surface area contributed by atoms with Crippen LogP contribution in [0.15, 0.2) is 89.0 Å². The number of nitrogens with one attached hydrogen (secondary N) is 1. The topological polar surface area (TPSA) is 136 Å². The number of benzene rings is 2. The summed E-state index contributed by atoms with van der Waals surface area (Å²) in [6.07, 6.45) is 2.67. The van der Waals surface area contributed by atoms with Crippen LogP contribution >= 0.6 is 0 Å². The number of aryl methyl sites for hydroxylation is 1. The van der Waals surface area contributed by atoms with Crippen molar-refractivity contribution in [3.05, 3.63) is 95.9 Å². The van der Waals surface area contributed by atoms with E-state index in [0.717, 1.165) is 5.69 Å². The van der Waals surface area contributed by atoms with E-state index in [2.05, 4.69) is 20.4 Å². The van der Waals surface area contributed by atoms with Crippen molar-refractivity contribution in [2.24, 2.45) is 0 Å². The summed E-state index contributed by atoms with van der Waals surface area (Å²) in [4.78, 5) is 20.7. The van der Waals surface area contributed by atoms with Crippen LogP contribution in [0.1, 0.15) is 21.6 Å². The van der Waals surface area contributed by atoms with Crippen molar-refractivity contribution >= 4 is 32.5 Å². The zero-order valence-electron chi connectivity index (χ0n) is 20.5. The van der Waals surface area contributed by atoms with Gasteiger partial charge in [-0.05, 0) is 49.4 Å². The van der Waals surface area contributed by atoms with Gasteiger partial charge in [0.2, 0.25) is 9.84 Å². The van der Waals surface area contributed by atoms with Crippen molar-refractivity contribution in [2.45, 2.75) is 23.4 Å². The van der Waals surface area contributed by atoms with Gasteiger partial charge in [0.15, 0.2) is 10.7 Å². The number of anilines is 1. The molecule has 0 aliphatic rings. The average molecular weight is 530 g/mol. The number of carboxylic acid groups (broad SMARTS) is 1. The fourth-order valence-corrected chi connectivity index (χ4v) is 5.60. The molecular formula is C27H23N5O5S. The number of sulfone groups is 1. The molecule has 0 atom stereocenters. The first-order valence-electron chi connectivity index (χ1n) is 11.5. The summed E-state index contributed by atoms with van der Waals surface area (Å²) < 4.78 is 33.6. The van der Waals surface area contributed by atoms with E-state index in [1.165, 1.54) is 31.6 Å². The van der Waals surface area contributed by atoms with Crippen molar-refractivity contribution < 1.29 is 23.1 Å². The van der Waals surface area contributed by atoms with E-state index in [-0.39, 0.29) is 22.0 Å². The Balaban J connectivity index is 1.57. The van der Waals surface area contributed by atoms with Crippen LogP contribution in [-0.2, 0) is 16.4 Å². The maximum absolute atomic E-state index is 13.4. The number of fused-ring (bicyclic) bond motifs is 1. The second kappa shape index (κ2) is 9.94. The molecule has 3 aromatic heterocycles. The molecule has 11 heteroatoms. The van der Waals surface area contributed by atoms with E-state index in [4.69, 9.17) is 4.74 Å². The van der Waals surface area contributed by atoms with Gasteiger partial charge in [-0.2, -0.15) is 5.10 Å². The number of pyridine rings is 2. The van der Waals surface area contributed by atoms with E-state index >= 15 is 0 Å². The second-order valence-electron chi connectivity index (χ2n) is 8.38. The molecular weight excluding hydrogens is 506 g/mol. The maximum atomic E-state index is 13.4. The molecule has 0 radical (unpaired) electrons. The number of rotatable bonds is 8. The molecule has 192 valence electrons. The minimum absolute atomic E-state index is 0.00604. The fraction of sp³-hybridized carbons (Fsp3) is 0.111. The molecule has 38 heavy (non-hydrogen) atoms. The number of hydrogen-bond acceptors (Lipinski definition) is 8. The number of carboxylic acids is 1. The first-order valence-corrected chi connectivity index (χ1v) is 13.0. The molecule has 3 heterocycles. The molecule has 0 bridgehead atoms. The lowest BCUT2D eigenvalue weighted by molar-refractivity contribution is 0.0697. The maximum Gasteiger partial charge on any atom is 0.339 e. The van der Waals surface area contributed by atoms with E-state index in [1.807, 2.05) is 30.3 Å². The summed E-state index contributed by atoms with van der Waals surface area (Å²) in [6.45, 7) is 1.76. The lowest BCUT2D eigenvalue weighted by atomic mass is 10.1. The van der Waals surface area contributed by atoms with Gasteiger partial charge in [-0.3, -0.25) is 0 Å². The highest BCUT2D eigenvalue weighted by Crippen LogP contribution is 2.32. The van der Waals surface area contributed by atoms with Gasteiger partial charge in [0, 0.05) is 24.5 Å². The van der Waals surface area contributed by atoms with Crippen LogP contribution in [-0.4, -0.2) is 46.4 Å². The molecule has 5 aromatic rings. The first kappa shape index (κ1) is 24.9. The van der Waals surface area contributed by atoms with Gasteiger partial charge in [-0.15, -0.1) is 0 Å². The summed E-state index contributed by atoms with van der Waals surface area (Å²) in [6, 6.07) is 18.7. The Morgan fingerprint density at radius 2 is 1.76 bits per heavy atom. The highest BCUT2D eigenvalue weighted by Gasteiger charge is 2.25. The van der Waals surface area contributed by atoms with Gasteiger partial charge in [0.05, 0.1) is 34.5 Å². The van der Waals surface area contributed by atoms with Crippen LogP contribution in [0.5, 0.6) is 5.75 Å². The number of ether oxygens (including phenoxy) is 1. The van der Waals surface area contributed by atoms with E-state index in [1.54, 1.807) is 35.9 Å². The Hall–Kier alpha value is -4.77. The number of carbonyl (C=O) groups is 1. The normalized spacial score (nSPS) is 11.4. The van der Waals surface area contributed by atoms with Crippen molar-refractivity contribution in [3.8, 4) is 11.4 Å². The average Bonchev–Trinajstić information content (AvgIpc) is 3.28. The number of methoxy groups -OCH3 is 1. The minimum atomic E-state index is -3.96. The number of aromatic carboxylic acids is 1. The van der Waals surface area contributed by atoms with Crippen molar-refractivity contribution in [3.63, 3.8) is 0 Å². The van der Waals surface area contributed by atoms with Crippen LogP contribution in [0.3, 0.4) is 0 Å². The van der Waals surface area contributed by atoms with E-state index in [9.17, 15) is 18.3 Å². The number of hydrogen-bond donors (Lipinski definition) is 2. The Bertz CT molecular complexity index is 1750. The number of nitrogens with zero attached hydrogens (tertiary/aromatic N) is 4. The lowest BCUT2D eigenvalue weighted by Gasteiger charge is -2.14. The molecule has 0 spiro atoms. The third-order valence-electron chi connectivity index (χ3n) is 6.03. The molecule has 0 amide bonds. The lowest BCUT2D eigenvalue weighted by Crippen LogP contribution is -2.13. The predicted octanol–water partition coefficient (Wildman–Crippen LogP) is 4.28. The monoisotopic (exact) mass is 529 g/mol. The number of para-hydroxylation sites is 1. The minimum Gasteiger partial charge on any atom is -0.497 e. The van der Waals surface area contributed by atoms with Gasteiger partial charge in [0.25, 0.3) is 0 Å². The molecule has 2 N–H and O–H groups in total. The standard InChI is InChI=1S/C27H23N5O5S/c1-17-23-24(22(27(33)34)16-30-25(23)32(31-17)19-8-4-3-5-9-19)29-15-18-7-6-14-28-26(18)38(35,36)21-12-10-20(37-2)11-13-21/h3-14,16H,15H2,1-2H3,(H,29,30)(H,33,34). The molecule has 0 aliphatic heterocycles. The fourth-order valence-electron chi connectivity index (χ4n) is 4.20. The zero-order chi connectivity index (χ0) is 26.9. The van der Waals surface area contributed by atoms with Crippen LogP contribution in [0.25, 0.3) is 16.7 Å². The van der Waals surface area contributed by atoms with Gasteiger partial charge >= 0.3 is 5.97 Å². The van der Waals surface area contributed by atoms with Crippen LogP contribution in [0.2, 0.25) is 0 Å². The Labute approximate surface area is 218 Å². The quantitative estimate of drug-likeness (QED) is 0.302. The van der Waals surface area contributed by atoms with E-state index in [0.29, 0.717) is 33.7 Å². The van der Waals surface area contributed by atoms with Crippen molar-refractivity contribution in [2.75, 3.05) is 12.4 Å². The molecule has 0 unspecified atom stereocenters. The van der Waals surface area contributed by atoms with Gasteiger partial charge in [-0.25, -0.2) is 27.9 Å². The Kier molecular flexibility index (Phi) is 6.52. The molecule has 0 aliphatic carbocycles. The second-order valence-corrected chi connectivity index (χ2v) is 10.2. The van der Waals surface area contributed by atoms with Crippen LogP contribution < -0.4 is 10.1 Å². The molecule has 0 saturated carbocycles. The van der Waals surface area contributed by atoms with E-state index < -0.39 is 15.8 Å². The molecule has 5 rings (SSSR count). The summed E-state index contributed by atoms with van der Waals surface area (Å²) >= 11 is 0. The van der Waals surface area contributed by atoms with Crippen molar-refractivity contribution in [1.29, 1.82) is 0 Å². The van der Waals surface area contributed by atoms with Gasteiger partial charge in [-0.1, -0.05) is 24.3 Å². The molecule has 2 aromatic carbocycles. The summed E-state index contributed by atoms with van der Waals surface area (Å²) in [7, 11) is -2.46. The van der Waals surface area contributed by atoms with Crippen LogP contribution in [0.4, 0.5) is 5.69 Å². The highest BCUT2D eigenvalue weighted by atomic mass is 32.2. The van der Waals surface area contributed by atoms with Crippen molar-refractivity contribution in [1.82, 2.24) is 19.7 Å². The Morgan fingerprint density at radius 3 is 2.45 bits per heavy atom. The molecule has 10 nitrogen and oxygen atoms in total. The van der Waals surface area contributed by atoms with Gasteiger partial charge in [0.1, 0.15) is 11.3 Å². The highest BCUT2D eigenvalue weighted by molar-refractivity contribution is 7.91. The third-order valence-corrected chi connectivity index (χ3v) is 7.80. The first-order chi connectivity index (χ1) is 18.3. The Morgan fingerprint density at radius 1 is 1.03 bits per heavy atom. The third kappa shape index (κ3) is 4.43. The van der Waals surface area contributed by atoms with Gasteiger partial charge < -0.3 is 15.2 Å². The predicted molar refractivity (Wildman–Crippen MR) is 141 cm³/mol.